The average molecular weight is 373 g/mol. The van der Waals surface area contributed by atoms with Crippen molar-refractivity contribution in [3.8, 4) is 0 Å². The minimum absolute atomic E-state index is 0.172. The number of hydrogen-bond acceptors (Lipinski definition) is 6. The molecule has 3 aliphatic heterocycles. The van der Waals surface area contributed by atoms with Gasteiger partial charge in [0.2, 0.25) is 11.8 Å². The summed E-state index contributed by atoms with van der Waals surface area (Å²) in [5.74, 6) is -1.07. The van der Waals surface area contributed by atoms with Gasteiger partial charge in [-0.2, -0.15) is 0 Å². The van der Waals surface area contributed by atoms with Crippen molar-refractivity contribution in [1.29, 1.82) is 0 Å². The molecular weight excluding hydrogens is 350 g/mol. The number of benzene rings is 1. The van der Waals surface area contributed by atoms with Crippen LogP contribution in [0.25, 0.3) is 0 Å². The lowest BCUT2D eigenvalue weighted by Gasteiger charge is -2.39. The van der Waals surface area contributed by atoms with Gasteiger partial charge in [-0.15, -0.1) is 0 Å². The van der Waals surface area contributed by atoms with Crippen LogP contribution in [0.4, 0.5) is 11.4 Å². The number of piperidine rings is 1. The smallest absolute Gasteiger partial charge is 0.251 e. The lowest BCUT2D eigenvalue weighted by atomic mass is 10.0. The molecule has 0 bridgehead atoms. The van der Waals surface area contributed by atoms with Gasteiger partial charge in [0.25, 0.3) is 5.91 Å². The standard InChI is InChI=1S/C19H23N3O5/c1-13(23)20-14-2-4-15(5-3-14)22-17(24)12-16(18(22)25)21-8-6-19(7-9-21)26-10-11-27-19/h2-5,16H,6-12H2,1H3,(H,20,23)/t16-/m1/s1. The first kappa shape index (κ1) is 18.1. The van der Waals surface area contributed by atoms with Gasteiger partial charge in [0, 0.05) is 38.5 Å². The third-order valence-corrected chi connectivity index (χ3v) is 5.38. The first-order valence-electron chi connectivity index (χ1n) is 9.24. The number of hydrogen-bond donors (Lipinski definition) is 1. The van der Waals surface area contributed by atoms with Crippen LogP contribution in [0.5, 0.6) is 0 Å². The van der Waals surface area contributed by atoms with Gasteiger partial charge < -0.3 is 14.8 Å². The van der Waals surface area contributed by atoms with Crippen molar-refractivity contribution in [2.24, 2.45) is 0 Å². The average Bonchev–Trinajstić information content (AvgIpc) is 3.21. The molecule has 27 heavy (non-hydrogen) atoms. The summed E-state index contributed by atoms with van der Waals surface area (Å²) >= 11 is 0. The second-order valence-corrected chi connectivity index (χ2v) is 7.16. The Morgan fingerprint density at radius 2 is 1.74 bits per heavy atom. The highest BCUT2D eigenvalue weighted by Gasteiger charge is 2.47. The molecule has 4 rings (SSSR count). The van der Waals surface area contributed by atoms with Crippen molar-refractivity contribution in [3.05, 3.63) is 24.3 Å². The topological polar surface area (TPSA) is 88.2 Å². The summed E-state index contributed by atoms with van der Waals surface area (Å²) in [6, 6.07) is 6.28. The summed E-state index contributed by atoms with van der Waals surface area (Å²) in [6.07, 6.45) is 1.59. The molecule has 3 aliphatic rings. The molecule has 8 nitrogen and oxygen atoms in total. The number of carbonyl (C=O) groups is 3. The van der Waals surface area contributed by atoms with Gasteiger partial charge >= 0.3 is 0 Å². The minimum Gasteiger partial charge on any atom is -0.347 e. The van der Waals surface area contributed by atoms with E-state index in [1.807, 2.05) is 0 Å². The molecule has 0 unspecified atom stereocenters. The van der Waals surface area contributed by atoms with E-state index in [9.17, 15) is 14.4 Å². The van der Waals surface area contributed by atoms with Crippen LogP contribution in [0.2, 0.25) is 0 Å². The van der Waals surface area contributed by atoms with E-state index in [1.165, 1.54) is 11.8 Å². The number of anilines is 2. The van der Waals surface area contributed by atoms with Gasteiger partial charge in [0.15, 0.2) is 5.79 Å². The van der Waals surface area contributed by atoms with E-state index in [0.29, 0.717) is 50.5 Å². The Labute approximate surface area is 157 Å². The Morgan fingerprint density at radius 3 is 2.33 bits per heavy atom. The van der Waals surface area contributed by atoms with Crippen LogP contribution in [-0.2, 0) is 23.9 Å². The normalized spacial score (nSPS) is 25.4. The van der Waals surface area contributed by atoms with E-state index in [2.05, 4.69) is 10.2 Å². The maximum Gasteiger partial charge on any atom is 0.251 e. The van der Waals surface area contributed by atoms with Gasteiger partial charge in [-0.1, -0.05) is 0 Å². The summed E-state index contributed by atoms with van der Waals surface area (Å²) in [5, 5.41) is 2.67. The monoisotopic (exact) mass is 373 g/mol. The number of ether oxygens (including phenoxy) is 2. The molecule has 3 fully saturated rings. The van der Waals surface area contributed by atoms with Crippen molar-refractivity contribution in [3.63, 3.8) is 0 Å². The van der Waals surface area contributed by atoms with Gasteiger partial charge in [-0.3, -0.25) is 19.3 Å². The Balaban J connectivity index is 1.43. The number of rotatable bonds is 3. The number of likely N-dealkylation sites (tertiary alicyclic amines) is 1. The summed E-state index contributed by atoms with van der Waals surface area (Å²) in [4.78, 5) is 39.9. The highest BCUT2D eigenvalue weighted by molar-refractivity contribution is 6.22. The third kappa shape index (κ3) is 3.47. The fourth-order valence-corrected chi connectivity index (χ4v) is 4.03. The van der Waals surface area contributed by atoms with E-state index in [1.54, 1.807) is 24.3 Å². The zero-order valence-electron chi connectivity index (χ0n) is 15.3. The van der Waals surface area contributed by atoms with Crippen LogP contribution in [0.15, 0.2) is 24.3 Å². The molecule has 1 N–H and O–H groups in total. The van der Waals surface area contributed by atoms with Crippen LogP contribution in [0, 0.1) is 0 Å². The van der Waals surface area contributed by atoms with E-state index in [0.717, 1.165) is 0 Å². The highest BCUT2D eigenvalue weighted by atomic mass is 16.7. The number of nitrogens with zero attached hydrogens (tertiary/aromatic N) is 2. The quantitative estimate of drug-likeness (QED) is 0.799. The number of carbonyl (C=O) groups excluding carboxylic acids is 3. The molecule has 1 aromatic carbocycles. The van der Waals surface area contributed by atoms with Gasteiger partial charge in [0.1, 0.15) is 0 Å². The predicted molar refractivity (Wildman–Crippen MR) is 97.1 cm³/mol. The van der Waals surface area contributed by atoms with Crippen molar-refractivity contribution in [1.82, 2.24) is 4.90 Å². The van der Waals surface area contributed by atoms with Gasteiger partial charge in [-0.05, 0) is 24.3 Å². The molecule has 8 heteroatoms. The molecule has 3 amide bonds. The molecule has 0 aliphatic carbocycles. The fourth-order valence-electron chi connectivity index (χ4n) is 4.03. The highest BCUT2D eigenvalue weighted by Crippen LogP contribution is 2.34. The molecule has 0 saturated carbocycles. The third-order valence-electron chi connectivity index (χ3n) is 5.38. The lowest BCUT2D eigenvalue weighted by molar-refractivity contribution is -0.188. The zero-order valence-corrected chi connectivity index (χ0v) is 15.3. The minimum atomic E-state index is -0.499. The largest absolute Gasteiger partial charge is 0.347 e. The predicted octanol–water partition coefficient (Wildman–Crippen LogP) is 1.12. The molecule has 1 spiro atoms. The van der Waals surface area contributed by atoms with Crippen LogP contribution in [0.1, 0.15) is 26.2 Å². The Hall–Kier alpha value is -2.29. The van der Waals surface area contributed by atoms with Gasteiger partial charge in [0.05, 0.1) is 31.4 Å². The van der Waals surface area contributed by atoms with Crippen LogP contribution in [0.3, 0.4) is 0 Å². The molecule has 3 saturated heterocycles. The fraction of sp³-hybridized carbons (Fsp3) is 0.526. The first-order chi connectivity index (χ1) is 13.0. The van der Waals surface area contributed by atoms with Crippen LogP contribution in [-0.4, -0.2) is 60.8 Å². The summed E-state index contributed by atoms with van der Waals surface area (Å²) in [6.45, 7) is 3.99. The molecule has 144 valence electrons. The van der Waals surface area contributed by atoms with E-state index >= 15 is 0 Å². The van der Waals surface area contributed by atoms with E-state index < -0.39 is 11.8 Å². The second kappa shape index (κ2) is 7.03. The van der Waals surface area contributed by atoms with Gasteiger partial charge in [-0.25, -0.2) is 4.90 Å². The van der Waals surface area contributed by atoms with E-state index in [-0.39, 0.29) is 24.1 Å². The molecule has 1 aromatic rings. The summed E-state index contributed by atoms with van der Waals surface area (Å²) < 4.78 is 11.5. The van der Waals surface area contributed by atoms with E-state index in [4.69, 9.17) is 9.47 Å². The van der Waals surface area contributed by atoms with Crippen molar-refractivity contribution in [2.75, 3.05) is 36.5 Å². The Kier molecular flexibility index (Phi) is 4.71. The number of nitrogens with one attached hydrogen (secondary N) is 1. The molecular formula is C19H23N3O5. The summed E-state index contributed by atoms with van der Waals surface area (Å²) in [5.41, 5.74) is 1.15. The zero-order chi connectivity index (χ0) is 19.0. The Bertz CT molecular complexity index is 747. The molecule has 0 radical (unpaired) electrons. The van der Waals surface area contributed by atoms with Crippen molar-refractivity contribution < 1.29 is 23.9 Å². The van der Waals surface area contributed by atoms with Crippen LogP contribution < -0.4 is 10.2 Å². The maximum absolute atomic E-state index is 12.9. The Morgan fingerprint density at radius 1 is 1.11 bits per heavy atom. The second-order valence-electron chi connectivity index (χ2n) is 7.16. The van der Waals surface area contributed by atoms with Crippen molar-refractivity contribution >= 4 is 29.1 Å². The first-order valence-corrected chi connectivity index (χ1v) is 9.24. The molecule has 1 atom stereocenters. The molecule has 3 heterocycles. The number of amides is 3. The van der Waals surface area contributed by atoms with Crippen LogP contribution >= 0.6 is 0 Å². The lowest BCUT2D eigenvalue weighted by Crippen LogP contribution is -2.51. The maximum atomic E-state index is 12.9. The SMILES string of the molecule is CC(=O)Nc1ccc(N2C(=O)C[C@@H](N3CCC4(CC3)OCCO4)C2=O)cc1. The van der Waals surface area contributed by atoms with Crippen molar-refractivity contribution in [2.45, 2.75) is 38.0 Å². The molecule has 0 aromatic heterocycles. The summed E-state index contributed by atoms with van der Waals surface area (Å²) in [7, 11) is 0. The number of imide groups is 1.